The van der Waals surface area contributed by atoms with E-state index < -0.39 is 0 Å². The quantitative estimate of drug-likeness (QED) is 0.833. The molecule has 1 fully saturated rings. The third-order valence-electron chi connectivity index (χ3n) is 4.47. The van der Waals surface area contributed by atoms with Gasteiger partial charge in [-0.2, -0.15) is 0 Å². The van der Waals surface area contributed by atoms with Crippen molar-refractivity contribution < 1.29 is 4.79 Å². The van der Waals surface area contributed by atoms with Crippen molar-refractivity contribution in [1.29, 1.82) is 0 Å². The third-order valence-corrected chi connectivity index (χ3v) is 4.47. The fraction of sp³-hybridized carbons (Fsp3) is 0.588. The summed E-state index contributed by atoms with van der Waals surface area (Å²) in [6, 6.07) is 8.62. The van der Waals surface area contributed by atoms with Crippen LogP contribution in [0.25, 0.3) is 0 Å². The molecule has 2 N–H and O–H groups in total. The summed E-state index contributed by atoms with van der Waals surface area (Å²) < 4.78 is 0. The standard InChI is InChI=1S/C17H25NO/c1-3-12(2)17(19)15-6-4-5-14(11-15)13-7-9-16(18)10-8-13/h4-6,11-13,16H,3,7-10,18H2,1-2H3. The maximum atomic E-state index is 12.2. The van der Waals surface area contributed by atoms with Gasteiger partial charge in [-0.05, 0) is 49.7 Å². The number of hydrogen-bond donors (Lipinski definition) is 1. The van der Waals surface area contributed by atoms with Crippen LogP contribution in [0.2, 0.25) is 0 Å². The van der Waals surface area contributed by atoms with Crippen LogP contribution in [-0.2, 0) is 0 Å². The summed E-state index contributed by atoms with van der Waals surface area (Å²) >= 11 is 0. The number of benzene rings is 1. The Kier molecular flexibility index (Phi) is 4.76. The van der Waals surface area contributed by atoms with Gasteiger partial charge in [-0.3, -0.25) is 4.79 Å². The summed E-state index contributed by atoms with van der Waals surface area (Å²) in [4.78, 5) is 12.2. The van der Waals surface area contributed by atoms with Crippen LogP contribution < -0.4 is 5.73 Å². The van der Waals surface area contributed by atoms with Crippen LogP contribution in [0.3, 0.4) is 0 Å². The molecule has 0 amide bonds. The Bertz CT molecular complexity index is 433. The van der Waals surface area contributed by atoms with E-state index in [0.717, 1.165) is 37.7 Å². The monoisotopic (exact) mass is 259 g/mol. The fourth-order valence-electron chi connectivity index (χ4n) is 2.87. The number of carbonyl (C=O) groups excluding carboxylic acids is 1. The lowest BCUT2D eigenvalue weighted by Gasteiger charge is -2.26. The van der Waals surface area contributed by atoms with Crippen LogP contribution >= 0.6 is 0 Å². The average Bonchev–Trinajstić information content (AvgIpc) is 2.46. The summed E-state index contributed by atoms with van der Waals surface area (Å²) in [5.74, 6) is 0.983. The van der Waals surface area contributed by atoms with Crippen LogP contribution in [0, 0.1) is 5.92 Å². The highest BCUT2D eigenvalue weighted by atomic mass is 16.1. The Balaban J connectivity index is 2.13. The number of hydrogen-bond acceptors (Lipinski definition) is 2. The summed E-state index contributed by atoms with van der Waals surface area (Å²) in [6.07, 6.45) is 5.42. The minimum atomic E-state index is 0.120. The molecule has 1 aliphatic rings. The fourth-order valence-corrected chi connectivity index (χ4v) is 2.87. The molecule has 0 spiro atoms. The smallest absolute Gasteiger partial charge is 0.165 e. The number of rotatable bonds is 4. The maximum absolute atomic E-state index is 12.2. The zero-order chi connectivity index (χ0) is 13.8. The summed E-state index contributed by atoms with van der Waals surface area (Å²) in [5.41, 5.74) is 8.15. The largest absolute Gasteiger partial charge is 0.328 e. The molecule has 1 aliphatic carbocycles. The van der Waals surface area contributed by atoms with Gasteiger partial charge >= 0.3 is 0 Å². The van der Waals surface area contributed by atoms with E-state index in [1.54, 1.807) is 0 Å². The van der Waals surface area contributed by atoms with E-state index in [1.807, 2.05) is 19.1 Å². The minimum Gasteiger partial charge on any atom is -0.328 e. The van der Waals surface area contributed by atoms with Crippen molar-refractivity contribution >= 4 is 5.78 Å². The molecule has 0 bridgehead atoms. The van der Waals surface area contributed by atoms with Gasteiger partial charge in [0.15, 0.2) is 5.78 Å². The molecular formula is C17H25NO. The molecule has 2 nitrogen and oxygen atoms in total. The molecule has 104 valence electrons. The van der Waals surface area contributed by atoms with Crippen molar-refractivity contribution in [1.82, 2.24) is 0 Å². The van der Waals surface area contributed by atoms with Crippen LogP contribution in [-0.4, -0.2) is 11.8 Å². The molecular weight excluding hydrogens is 234 g/mol. The summed E-state index contributed by atoms with van der Waals surface area (Å²) in [6.45, 7) is 4.07. The van der Waals surface area contributed by atoms with Gasteiger partial charge in [0.05, 0.1) is 0 Å². The SMILES string of the molecule is CCC(C)C(=O)c1cccc(C2CCC(N)CC2)c1. The van der Waals surface area contributed by atoms with Gasteiger partial charge in [0.1, 0.15) is 0 Å². The molecule has 1 atom stereocenters. The Labute approximate surface area is 116 Å². The number of ketones is 1. The van der Waals surface area contributed by atoms with Gasteiger partial charge in [-0.1, -0.05) is 32.0 Å². The highest BCUT2D eigenvalue weighted by molar-refractivity contribution is 5.97. The minimum absolute atomic E-state index is 0.120. The number of Topliss-reactive ketones (excluding diaryl/α,β-unsaturated/α-hetero) is 1. The first kappa shape index (κ1) is 14.3. The van der Waals surface area contributed by atoms with Crippen LogP contribution in [0.4, 0.5) is 0 Å². The lowest BCUT2D eigenvalue weighted by molar-refractivity contribution is 0.0927. The molecule has 1 unspecified atom stereocenters. The van der Waals surface area contributed by atoms with E-state index in [9.17, 15) is 4.79 Å². The second-order valence-electron chi connectivity index (χ2n) is 5.91. The lowest BCUT2D eigenvalue weighted by Crippen LogP contribution is -2.25. The van der Waals surface area contributed by atoms with E-state index in [1.165, 1.54) is 5.56 Å². The normalized spacial score (nSPS) is 25.0. The average molecular weight is 259 g/mol. The zero-order valence-electron chi connectivity index (χ0n) is 12.1. The number of carbonyl (C=O) groups is 1. The molecule has 0 heterocycles. The molecule has 0 aromatic heterocycles. The summed E-state index contributed by atoms with van der Waals surface area (Å²) in [5, 5.41) is 0. The van der Waals surface area contributed by atoms with Crippen LogP contribution in [0.5, 0.6) is 0 Å². The van der Waals surface area contributed by atoms with Crippen molar-refractivity contribution in [2.45, 2.75) is 57.9 Å². The Morgan fingerprint density at radius 3 is 2.63 bits per heavy atom. The van der Waals surface area contributed by atoms with E-state index in [4.69, 9.17) is 5.73 Å². The predicted octanol–water partition coefficient (Wildman–Crippen LogP) is 3.90. The molecule has 1 aromatic rings. The number of nitrogens with two attached hydrogens (primary N) is 1. The van der Waals surface area contributed by atoms with E-state index in [2.05, 4.69) is 19.1 Å². The van der Waals surface area contributed by atoms with Crippen molar-refractivity contribution in [3.05, 3.63) is 35.4 Å². The van der Waals surface area contributed by atoms with Gasteiger partial charge in [-0.25, -0.2) is 0 Å². The molecule has 2 rings (SSSR count). The topological polar surface area (TPSA) is 43.1 Å². The van der Waals surface area contributed by atoms with Crippen LogP contribution in [0.1, 0.15) is 67.8 Å². The molecule has 2 heteroatoms. The second kappa shape index (κ2) is 6.33. The molecule has 0 saturated heterocycles. The molecule has 1 aromatic carbocycles. The third kappa shape index (κ3) is 3.44. The van der Waals surface area contributed by atoms with Crippen molar-refractivity contribution in [3.63, 3.8) is 0 Å². The van der Waals surface area contributed by atoms with Gasteiger partial charge in [-0.15, -0.1) is 0 Å². The second-order valence-corrected chi connectivity index (χ2v) is 5.91. The van der Waals surface area contributed by atoms with Crippen LogP contribution in [0.15, 0.2) is 24.3 Å². The molecule has 0 radical (unpaired) electrons. The maximum Gasteiger partial charge on any atom is 0.165 e. The van der Waals surface area contributed by atoms with E-state index >= 15 is 0 Å². The predicted molar refractivity (Wildman–Crippen MR) is 79.4 cm³/mol. The van der Waals surface area contributed by atoms with Gasteiger partial charge in [0, 0.05) is 17.5 Å². The molecule has 1 saturated carbocycles. The lowest BCUT2D eigenvalue weighted by atomic mass is 9.81. The summed E-state index contributed by atoms with van der Waals surface area (Å²) in [7, 11) is 0. The Morgan fingerprint density at radius 2 is 2.00 bits per heavy atom. The highest BCUT2D eigenvalue weighted by Crippen LogP contribution is 2.32. The Morgan fingerprint density at radius 1 is 1.32 bits per heavy atom. The van der Waals surface area contributed by atoms with E-state index in [0.29, 0.717) is 12.0 Å². The first-order valence-electron chi connectivity index (χ1n) is 7.51. The van der Waals surface area contributed by atoms with Crippen molar-refractivity contribution in [2.24, 2.45) is 11.7 Å². The van der Waals surface area contributed by atoms with Gasteiger partial charge in [0.25, 0.3) is 0 Å². The van der Waals surface area contributed by atoms with Gasteiger partial charge in [0.2, 0.25) is 0 Å². The van der Waals surface area contributed by atoms with Crippen molar-refractivity contribution in [2.75, 3.05) is 0 Å². The first-order chi connectivity index (χ1) is 9.11. The highest BCUT2D eigenvalue weighted by Gasteiger charge is 2.21. The van der Waals surface area contributed by atoms with E-state index in [-0.39, 0.29) is 11.7 Å². The first-order valence-corrected chi connectivity index (χ1v) is 7.51. The van der Waals surface area contributed by atoms with Gasteiger partial charge < -0.3 is 5.73 Å². The molecule has 0 aliphatic heterocycles. The van der Waals surface area contributed by atoms with Crippen molar-refractivity contribution in [3.8, 4) is 0 Å². The zero-order valence-corrected chi connectivity index (χ0v) is 12.1. The molecule has 19 heavy (non-hydrogen) atoms. The Hall–Kier alpha value is -1.15.